The predicted octanol–water partition coefficient (Wildman–Crippen LogP) is 5.53. The van der Waals surface area contributed by atoms with E-state index in [1.165, 1.54) is 0 Å². The van der Waals surface area contributed by atoms with Crippen molar-refractivity contribution in [1.82, 2.24) is 35.6 Å². The highest BCUT2D eigenvalue weighted by molar-refractivity contribution is 5.70. The second-order valence-electron chi connectivity index (χ2n) is 13.1. The minimum Gasteiger partial charge on any atom is -0.497 e. The molecular formula is C38H39N11O6. The third-order valence-corrected chi connectivity index (χ3v) is 9.61. The van der Waals surface area contributed by atoms with Crippen LogP contribution < -0.4 is 35.2 Å². The number of anilines is 6. The van der Waals surface area contributed by atoms with Crippen LogP contribution in [0.15, 0.2) is 88.0 Å². The molecule has 0 aliphatic carbocycles. The van der Waals surface area contributed by atoms with Gasteiger partial charge in [0.05, 0.1) is 31.9 Å². The molecule has 4 N–H and O–H groups in total. The summed E-state index contributed by atoms with van der Waals surface area (Å²) in [7, 11) is 3.25. The second-order valence-corrected chi connectivity index (χ2v) is 13.1. The highest BCUT2D eigenvalue weighted by Gasteiger charge is 2.29. The molecule has 0 spiro atoms. The Labute approximate surface area is 315 Å². The average Bonchev–Trinajstić information content (AvgIpc) is 3.91. The fourth-order valence-corrected chi connectivity index (χ4v) is 6.58. The monoisotopic (exact) mass is 745 g/mol. The fraction of sp³-hybridized carbons (Fsp3) is 0.289. The number of piperidine rings is 1. The Hall–Kier alpha value is -6.75. The standard InChI is InChI=1S/C38H39N11O6/c1-52-26-7-3-23(4-8-26)28-20-34(54-46-28)42-32-11-14-40-37(44-32)49-18-15-39-31(22-49)30-19-33(45-38(41-30)48-16-12-25(13-17-48)36(50)51)43-35-21-29(47-55-35)24-5-9-27(53-2)10-6-24/h3-11,14,19-21,25,31,39H,12-13,15-18,22H2,1-2H3,(H,50,51)(H,40,42,44)(H,41,43,45). The first-order valence-electron chi connectivity index (χ1n) is 17.8. The molecule has 2 saturated heterocycles. The number of piperazine rings is 1. The number of ether oxygens (including phenoxy) is 2. The quantitative estimate of drug-likeness (QED) is 0.122. The predicted molar refractivity (Wildman–Crippen MR) is 203 cm³/mol. The number of nitrogens with one attached hydrogen (secondary N) is 3. The van der Waals surface area contributed by atoms with Gasteiger partial charge in [0.25, 0.3) is 0 Å². The van der Waals surface area contributed by atoms with Crippen LogP contribution in [0.2, 0.25) is 0 Å². The van der Waals surface area contributed by atoms with E-state index in [0.717, 1.165) is 28.3 Å². The highest BCUT2D eigenvalue weighted by atomic mass is 16.5. The van der Waals surface area contributed by atoms with E-state index in [4.69, 9.17) is 33.5 Å². The lowest BCUT2D eigenvalue weighted by Crippen LogP contribution is -2.47. The molecule has 55 heavy (non-hydrogen) atoms. The van der Waals surface area contributed by atoms with Gasteiger partial charge in [0, 0.05) is 68.2 Å². The first-order valence-corrected chi connectivity index (χ1v) is 17.8. The molecule has 17 heteroatoms. The molecule has 0 amide bonds. The number of hydrogen-bond donors (Lipinski definition) is 4. The van der Waals surface area contributed by atoms with Crippen LogP contribution >= 0.6 is 0 Å². The van der Waals surface area contributed by atoms with Crippen molar-refractivity contribution in [2.75, 3.05) is 67.4 Å². The van der Waals surface area contributed by atoms with E-state index in [9.17, 15) is 9.90 Å². The number of methoxy groups -OCH3 is 2. The van der Waals surface area contributed by atoms with Crippen LogP contribution in [-0.2, 0) is 4.79 Å². The van der Waals surface area contributed by atoms with Crippen molar-refractivity contribution in [3.63, 3.8) is 0 Å². The smallest absolute Gasteiger partial charge is 0.306 e. The van der Waals surface area contributed by atoms with Gasteiger partial charge < -0.3 is 49.4 Å². The molecule has 2 aliphatic rings. The maximum Gasteiger partial charge on any atom is 0.306 e. The minimum absolute atomic E-state index is 0.210. The molecule has 2 fully saturated rings. The van der Waals surface area contributed by atoms with Gasteiger partial charge in [-0.2, -0.15) is 9.97 Å². The van der Waals surface area contributed by atoms with Gasteiger partial charge in [-0.05, 0) is 67.4 Å². The first kappa shape index (κ1) is 35.3. The molecule has 282 valence electrons. The average molecular weight is 746 g/mol. The van der Waals surface area contributed by atoms with Crippen LogP contribution in [0, 0.1) is 5.92 Å². The van der Waals surface area contributed by atoms with E-state index in [-0.39, 0.29) is 12.0 Å². The summed E-state index contributed by atoms with van der Waals surface area (Å²) in [4.78, 5) is 35.0. The van der Waals surface area contributed by atoms with Crippen LogP contribution in [0.4, 0.5) is 35.3 Å². The SMILES string of the molecule is COc1ccc(-c2cc(Nc3ccnc(N4CCNC(c5cc(Nc6cc(-c7ccc(OC)cc7)no6)nc(N6CCC(C(=O)O)CC6)n5)C4)n3)on2)cc1. The zero-order valence-corrected chi connectivity index (χ0v) is 30.2. The maximum atomic E-state index is 11.7. The van der Waals surface area contributed by atoms with Gasteiger partial charge in [0.15, 0.2) is 0 Å². The largest absolute Gasteiger partial charge is 0.497 e. The summed E-state index contributed by atoms with van der Waals surface area (Å²) < 4.78 is 21.7. The van der Waals surface area contributed by atoms with Gasteiger partial charge >= 0.3 is 5.97 Å². The van der Waals surface area contributed by atoms with Crippen LogP contribution in [-0.4, -0.2) is 88.3 Å². The van der Waals surface area contributed by atoms with Crippen molar-refractivity contribution in [2.24, 2.45) is 5.92 Å². The third kappa shape index (κ3) is 8.11. The molecule has 6 heterocycles. The van der Waals surface area contributed by atoms with Crippen LogP contribution in [0.25, 0.3) is 22.5 Å². The number of nitrogens with zero attached hydrogens (tertiary/aromatic N) is 8. The van der Waals surface area contributed by atoms with E-state index < -0.39 is 5.97 Å². The lowest BCUT2D eigenvalue weighted by atomic mass is 9.97. The Bertz CT molecular complexity index is 2240. The van der Waals surface area contributed by atoms with Gasteiger partial charge in [0.2, 0.25) is 23.7 Å². The molecule has 1 atom stereocenters. The molecular weight excluding hydrogens is 706 g/mol. The van der Waals surface area contributed by atoms with E-state index >= 15 is 0 Å². The van der Waals surface area contributed by atoms with Gasteiger partial charge in [-0.1, -0.05) is 10.3 Å². The lowest BCUT2D eigenvalue weighted by molar-refractivity contribution is -0.142. The second kappa shape index (κ2) is 15.7. The summed E-state index contributed by atoms with van der Waals surface area (Å²) in [5.74, 6) is 3.31. The Balaban J connectivity index is 1.00. The molecule has 2 aromatic carbocycles. The summed E-state index contributed by atoms with van der Waals surface area (Å²) in [5.41, 5.74) is 3.83. The fourth-order valence-electron chi connectivity index (χ4n) is 6.58. The molecule has 17 nitrogen and oxygen atoms in total. The maximum absolute atomic E-state index is 11.7. The van der Waals surface area contributed by atoms with E-state index in [0.29, 0.717) is 92.3 Å². The third-order valence-electron chi connectivity index (χ3n) is 9.61. The number of carboxylic acid groups (broad SMARTS) is 1. The summed E-state index contributed by atoms with van der Waals surface area (Å²) in [5, 5.41) is 28.1. The van der Waals surface area contributed by atoms with E-state index in [1.54, 1.807) is 32.5 Å². The lowest BCUT2D eigenvalue weighted by Gasteiger charge is -2.34. The topological polar surface area (TPSA) is 202 Å². The number of carbonyl (C=O) groups is 1. The van der Waals surface area contributed by atoms with Crippen molar-refractivity contribution >= 4 is 41.3 Å². The van der Waals surface area contributed by atoms with E-state index in [2.05, 4.69) is 36.1 Å². The Morgan fingerprint density at radius 3 is 1.96 bits per heavy atom. The molecule has 8 rings (SSSR count). The van der Waals surface area contributed by atoms with Gasteiger partial charge in [-0.15, -0.1) is 0 Å². The van der Waals surface area contributed by atoms with Crippen molar-refractivity contribution in [3.8, 4) is 34.0 Å². The number of rotatable bonds is 12. The van der Waals surface area contributed by atoms with Gasteiger partial charge in [0.1, 0.15) is 34.5 Å². The van der Waals surface area contributed by atoms with Crippen molar-refractivity contribution < 1.29 is 28.4 Å². The summed E-state index contributed by atoms with van der Waals surface area (Å²) >= 11 is 0. The van der Waals surface area contributed by atoms with Crippen molar-refractivity contribution in [3.05, 3.63) is 84.7 Å². The van der Waals surface area contributed by atoms with Crippen LogP contribution in [0.5, 0.6) is 11.5 Å². The number of benzene rings is 2. The van der Waals surface area contributed by atoms with E-state index in [1.807, 2.05) is 65.6 Å². The normalized spacial score (nSPS) is 16.1. The van der Waals surface area contributed by atoms with Gasteiger partial charge in [-0.25, -0.2) is 9.97 Å². The molecule has 0 radical (unpaired) electrons. The van der Waals surface area contributed by atoms with Crippen molar-refractivity contribution in [1.29, 1.82) is 0 Å². The van der Waals surface area contributed by atoms with Crippen molar-refractivity contribution in [2.45, 2.75) is 18.9 Å². The molecule has 2 aliphatic heterocycles. The number of hydrogen-bond acceptors (Lipinski definition) is 16. The van der Waals surface area contributed by atoms with Gasteiger partial charge in [-0.3, -0.25) is 4.79 Å². The van der Waals surface area contributed by atoms with Crippen LogP contribution in [0.3, 0.4) is 0 Å². The summed E-state index contributed by atoms with van der Waals surface area (Å²) in [6.07, 6.45) is 2.71. The van der Waals surface area contributed by atoms with Crippen LogP contribution in [0.1, 0.15) is 24.6 Å². The Kier molecular flexibility index (Phi) is 10.1. The molecule has 0 saturated carbocycles. The molecule has 1 unspecified atom stereocenters. The Morgan fingerprint density at radius 2 is 1.36 bits per heavy atom. The first-order chi connectivity index (χ1) is 26.9. The Morgan fingerprint density at radius 1 is 0.764 bits per heavy atom. The number of aromatic nitrogens is 6. The zero-order valence-electron chi connectivity index (χ0n) is 30.2. The highest BCUT2D eigenvalue weighted by Crippen LogP contribution is 2.31. The molecule has 4 aromatic heterocycles. The molecule has 0 bridgehead atoms. The molecule has 6 aromatic rings. The summed E-state index contributed by atoms with van der Waals surface area (Å²) in [6, 6.07) is 22.2. The number of carboxylic acids is 1. The minimum atomic E-state index is -0.776. The number of aliphatic carboxylic acids is 1. The zero-order chi connectivity index (χ0) is 37.7. The summed E-state index contributed by atoms with van der Waals surface area (Å²) in [6.45, 7) is 2.89.